The number of hydrogen-bond acceptors (Lipinski definition) is 3. The zero-order valence-corrected chi connectivity index (χ0v) is 16.5. The Kier molecular flexibility index (Phi) is 6.70. The zero-order valence-electron chi connectivity index (χ0n) is 15.7. The lowest BCUT2D eigenvalue weighted by molar-refractivity contribution is 0.00693. The molecule has 0 aliphatic heterocycles. The van der Waals surface area contributed by atoms with Crippen molar-refractivity contribution in [1.29, 1.82) is 0 Å². The quantitative estimate of drug-likeness (QED) is 0.481. The maximum atomic E-state index is 12.2. The van der Waals surface area contributed by atoms with Gasteiger partial charge in [0.2, 0.25) is 0 Å². The van der Waals surface area contributed by atoms with Crippen LogP contribution in [-0.2, 0) is 9.47 Å². The number of carbonyl (C=O) groups is 1. The lowest BCUT2D eigenvalue weighted by atomic mass is 9.82. The van der Waals surface area contributed by atoms with Gasteiger partial charge >= 0.3 is 5.97 Å². The summed E-state index contributed by atoms with van der Waals surface area (Å²) in [4.78, 5) is 12.2. The minimum absolute atomic E-state index is 0.247. The van der Waals surface area contributed by atoms with E-state index < -0.39 is 5.60 Å². The third-order valence-electron chi connectivity index (χ3n) is 4.27. The van der Waals surface area contributed by atoms with Gasteiger partial charge in [0.15, 0.2) is 0 Å². The summed E-state index contributed by atoms with van der Waals surface area (Å²) in [5.41, 5.74) is 2.12. The van der Waals surface area contributed by atoms with Gasteiger partial charge in [-0.15, -0.1) is 0 Å². The van der Waals surface area contributed by atoms with Crippen LogP contribution in [0.25, 0.3) is 0 Å². The molecule has 1 aliphatic rings. The number of rotatable bonds is 5. The van der Waals surface area contributed by atoms with E-state index in [1.807, 2.05) is 39.8 Å². The van der Waals surface area contributed by atoms with Crippen molar-refractivity contribution in [3.05, 3.63) is 46.5 Å². The van der Waals surface area contributed by atoms with Gasteiger partial charge in [-0.2, -0.15) is 0 Å². The molecule has 0 saturated heterocycles. The molecule has 1 aromatic carbocycles. The predicted octanol–water partition coefficient (Wildman–Crippen LogP) is 5.91. The maximum Gasteiger partial charge on any atom is 0.338 e. The Morgan fingerprint density at radius 2 is 2.04 bits per heavy atom. The van der Waals surface area contributed by atoms with Crippen molar-refractivity contribution >= 4 is 17.6 Å². The molecule has 1 aromatic rings. The molecule has 4 heteroatoms. The van der Waals surface area contributed by atoms with E-state index >= 15 is 0 Å². The summed E-state index contributed by atoms with van der Waals surface area (Å²) < 4.78 is 11.3. The predicted molar refractivity (Wildman–Crippen MR) is 102 cm³/mol. The number of hydrogen-bond donors (Lipinski definition) is 0. The van der Waals surface area contributed by atoms with Gasteiger partial charge in [0.05, 0.1) is 18.3 Å². The normalized spacial score (nSPS) is 21.0. The number of esters is 1. The van der Waals surface area contributed by atoms with Crippen molar-refractivity contribution in [2.45, 2.75) is 71.0 Å². The zero-order chi connectivity index (χ0) is 18.6. The van der Waals surface area contributed by atoms with Crippen LogP contribution in [0.4, 0.5) is 0 Å². The summed E-state index contributed by atoms with van der Waals surface area (Å²) >= 11 is 6.49. The van der Waals surface area contributed by atoms with E-state index in [9.17, 15) is 4.79 Å². The van der Waals surface area contributed by atoms with Gasteiger partial charge in [-0.05, 0) is 70.6 Å². The SMILES string of the molecule is C=C(C)COC1CCCC(c2ccc(C(=O)OC(C)(C)C)cc2Cl)C1. The highest BCUT2D eigenvalue weighted by Crippen LogP contribution is 2.38. The highest BCUT2D eigenvalue weighted by Gasteiger charge is 2.26. The standard InChI is InChI=1S/C21H29ClO3/c1-14(2)13-24-17-8-6-7-15(11-17)18-10-9-16(12-19(18)22)20(23)25-21(3,4)5/h9-10,12,15,17H,1,6-8,11,13H2,2-5H3. The van der Waals surface area contributed by atoms with Crippen LogP contribution in [0.3, 0.4) is 0 Å². The molecule has 0 spiro atoms. The fourth-order valence-electron chi connectivity index (χ4n) is 3.16. The summed E-state index contributed by atoms with van der Waals surface area (Å²) in [5.74, 6) is 0.0244. The fourth-order valence-corrected chi connectivity index (χ4v) is 3.50. The van der Waals surface area contributed by atoms with Crippen LogP contribution in [0.2, 0.25) is 5.02 Å². The summed E-state index contributed by atoms with van der Waals surface area (Å²) in [6, 6.07) is 5.50. The molecule has 0 heterocycles. The first-order valence-corrected chi connectivity index (χ1v) is 9.32. The van der Waals surface area contributed by atoms with Gasteiger partial charge in [-0.25, -0.2) is 4.79 Å². The Balaban J connectivity index is 2.07. The molecule has 0 N–H and O–H groups in total. The average Bonchev–Trinajstić information content (AvgIpc) is 2.51. The van der Waals surface area contributed by atoms with E-state index in [1.165, 1.54) is 0 Å². The van der Waals surface area contributed by atoms with Gasteiger partial charge < -0.3 is 9.47 Å². The second-order valence-electron chi connectivity index (χ2n) is 7.99. The number of halogens is 1. The van der Waals surface area contributed by atoms with E-state index in [0.29, 0.717) is 23.1 Å². The highest BCUT2D eigenvalue weighted by atomic mass is 35.5. The van der Waals surface area contributed by atoms with E-state index in [2.05, 4.69) is 6.58 Å². The molecule has 2 unspecified atom stereocenters. The molecule has 0 bridgehead atoms. The van der Waals surface area contributed by atoms with Crippen molar-refractivity contribution in [3.8, 4) is 0 Å². The van der Waals surface area contributed by atoms with Gasteiger partial charge in [-0.1, -0.05) is 36.2 Å². The second kappa shape index (κ2) is 8.37. The van der Waals surface area contributed by atoms with Crippen molar-refractivity contribution in [2.24, 2.45) is 0 Å². The topological polar surface area (TPSA) is 35.5 Å². The Morgan fingerprint density at radius 3 is 2.64 bits per heavy atom. The van der Waals surface area contributed by atoms with Gasteiger partial charge in [0.25, 0.3) is 0 Å². The van der Waals surface area contributed by atoms with Crippen molar-refractivity contribution < 1.29 is 14.3 Å². The molecule has 138 valence electrons. The van der Waals surface area contributed by atoms with Crippen molar-refractivity contribution in [3.63, 3.8) is 0 Å². The number of ether oxygens (including phenoxy) is 2. The molecular weight excluding hydrogens is 336 g/mol. The first kappa shape index (κ1) is 20.0. The van der Waals surface area contributed by atoms with Crippen molar-refractivity contribution in [1.82, 2.24) is 0 Å². The third-order valence-corrected chi connectivity index (χ3v) is 4.59. The summed E-state index contributed by atoms with van der Waals surface area (Å²) in [6.45, 7) is 12.1. The van der Waals surface area contributed by atoms with Crippen LogP contribution in [-0.4, -0.2) is 24.3 Å². The lowest BCUT2D eigenvalue weighted by Gasteiger charge is -2.30. The molecule has 2 atom stereocenters. The van der Waals surface area contributed by atoms with E-state index in [1.54, 1.807) is 6.07 Å². The van der Waals surface area contributed by atoms with E-state index in [4.69, 9.17) is 21.1 Å². The second-order valence-corrected chi connectivity index (χ2v) is 8.40. The Labute approximate surface area is 156 Å². The number of carbonyl (C=O) groups excluding carboxylic acids is 1. The van der Waals surface area contributed by atoms with Crippen LogP contribution < -0.4 is 0 Å². The molecule has 2 rings (SSSR count). The maximum absolute atomic E-state index is 12.2. The largest absolute Gasteiger partial charge is 0.456 e. The summed E-state index contributed by atoms with van der Waals surface area (Å²) in [6.07, 6.45) is 4.50. The fraction of sp³-hybridized carbons (Fsp3) is 0.571. The van der Waals surface area contributed by atoms with E-state index in [-0.39, 0.29) is 12.1 Å². The van der Waals surface area contributed by atoms with Crippen LogP contribution in [0, 0.1) is 0 Å². The third kappa shape index (κ3) is 6.16. The summed E-state index contributed by atoms with van der Waals surface area (Å²) in [7, 11) is 0. The smallest absolute Gasteiger partial charge is 0.338 e. The molecule has 25 heavy (non-hydrogen) atoms. The van der Waals surface area contributed by atoms with Crippen LogP contribution in [0.5, 0.6) is 0 Å². The van der Waals surface area contributed by atoms with Gasteiger partial charge in [-0.3, -0.25) is 0 Å². The highest BCUT2D eigenvalue weighted by molar-refractivity contribution is 6.31. The molecule has 0 amide bonds. The monoisotopic (exact) mass is 364 g/mol. The molecule has 0 aromatic heterocycles. The molecule has 3 nitrogen and oxygen atoms in total. The molecule has 0 radical (unpaired) electrons. The Bertz CT molecular complexity index is 631. The van der Waals surface area contributed by atoms with Gasteiger partial charge in [0.1, 0.15) is 5.60 Å². The lowest BCUT2D eigenvalue weighted by Crippen LogP contribution is -2.24. The van der Waals surface area contributed by atoms with Gasteiger partial charge in [0, 0.05) is 5.02 Å². The first-order valence-electron chi connectivity index (χ1n) is 8.94. The molecule has 1 aliphatic carbocycles. The minimum Gasteiger partial charge on any atom is -0.456 e. The molecule has 1 fully saturated rings. The van der Waals surface area contributed by atoms with Crippen LogP contribution >= 0.6 is 11.6 Å². The minimum atomic E-state index is -0.514. The van der Waals surface area contributed by atoms with E-state index in [0.717, 1.165) is 36.8 Å². The Morgan fingerprint density at radius 1 is 1.32 bits per heavy atom. The molecule has 1 saturated carbocycles. The number of benzene rings is 1. The van der Waals surface area contributed by atoms with Crippen molar-refractivity contribution in [2.75, 3.05) is 6.61 Å². The Hall–Kier alpha value is -1.32. The average molecular weight is 365 g/mol. The summed E-state index contributed by atoms with van der Waals surface area (Å²) in [5, 5.41) is 0.633. The van der Waals surface area contributed by atoms with Crippen LogP contribution in [0.1, 0.15) is 75.2 Å². The molecular formula is C21H29ClO3. The first-order chi connectivity index (χ1) is 11.7. The van der Waals surface area contributed by atoms with Crippen LogP contribution in [0.15, 0.2) is 30.4 Å².